The van der Waals surface area contributed by atoms with E-state index >= 15 is 0 Å². The maximum absolute atomic E-state index is 5.23. The Morgan fingerprint density at radius 3 is 2.19 bits per heavy atom. The fourth-order valence-electron chi connectivity index (χ4n) is 2.75. The summed E-state index contributed by atoms with van der Waals surface area (Å²) < 4.78 is 5.23. The molecule has 1 unspecified atom stereocenters. The molecule has 1 N–H and O–H groups in total. The van der Waals surface area contributed by atoms with Crippen molar-refractivity contribution in [1.29, 1.82) is 0 Å². The molecular formula is C18H26N2O. The third-order valence-electron chi connectivity index (χ3n) is 3.80. The SMILES string of the molecule is Cc1noc(C)c1C(C)NCc1ccc(CC(C)C)cc1. The van der Waals surface area contributed by atoms with Gasteiger partial charge in [0.05, 0.1) is 5.69 Å². The third-order valence-corrected chi connectivity index (χ3v) is 3.80. The summed E-state index contributed by atoms with van der Waals surface area (Å²) >= 11 is 0. The molecule has 0 aliphatic rings. The summed E-state index contributed by atoms with van der Waals surface area (Å²) in [6.07, 6.45) is 1.14. The molecule has 2 rings (SSSR count). The van der Waals surface area contributed by atoms with E-state index in [4.69, 9.17) is 4.52 Å². The van der Waals surface area contributed by atoms with Crippen LogP contribution >= 0.6 is 0 Å². The highest BCUT2D eigenvalue weighted by Gasteiger charge is 2.15. The van der Waals surface area contributed by atoms with Gasteiger partial charge in [0.15, 0.2) is 0 Å². The van der Waals surface area contributed by atoms with Gasteiger partial charge in [-0.15, -0.1) is 0 Å². The number of aryl methyl sites for hydroxylation is 2. The predicted molar refractivity (Wildman–Crippen MR) is 86.2 cm³/mol. The van der Waals surface area contributed by atoms with Gasteiger partial charge in [0, 0.05) is 18.2 Å². The Kier molecular flexibility index (Phi) is 5.18. The number of aromatic nitrogens is 1. The summed E-state index contributed by atoms with van der Waals surface area (Å²) in [6, 6.07) is 9.14. The van der Waals surface area contributed by atoms with E-state index in [-0.39, 0.29) is 6.04 Å². The summed E-state index contributed by atoms with van der Waals surface area (Å²) in [7, 11) is 0. The van der Waals surface area contributed by atoms with E-state index in [0.29, 0.717) is 5.92 Å². The normalized spacial score (nSPS) is 12.9. The summed E-state index contributed by atoms with van der Waals surface area (Å²) in [5.74, 6) is 1.60. The van der Waals surface area contributed by atoms with Crippen molar-refractivity contribution in [2.75, 3.05) is 0 Å². The van der Waals surface area contributed by atoms with Crippen LogP contribution in [0.25, 0.3) is 0 Å². The highest BCUT2D eigenvalue weighted by molar-refractivity contribution is 5.26. The molecule has 1 heterocycles. The zero-order chi connectivity index (χ0) is 15.4. The monoisotopic (exact) mass is 286 g/mol. The molecule has 0 saturated carbocycles. The molecule has 0 amide bonds. The molecule has 3 heteroatoms. The van der Waals surface area contributed by atoms with Crippen molar-refractivity contribution in [1.82, 2.24) is 10.5 Å². The van der Waals surface area contributed by atoms with Crippen LogP contribution in [-0.4, -0.2) is 5.16 Å². The van der Waals surface area contributed by atoms with Gasteiger partial charge >= 0.3 is 0 Å². The second kappa shape index (κ2) is 6.90. The van der Waals surface area contributed by atoms with Crippen LogP contribution in [0.3, 0.4) is 0 Å². The van der Waals surface area contributed by atoms with Gasteiger partial charge in [-0.05, 0) is 44.2 Å². The van der Waals surface area contributed by atoms with Gasteiger partial charge in [0.1, 0.15) is 5.76 Å². The van der Waals surface area contributed by atoms with E-state index in [1.165, 1.54) is 16.7 Å². The minimum absolute atomic E-state index is 0.242. The summed E-state index contributed by atoms with van der Waals surface area (Å²) in [4.78, 5) is 0. The van der Waals surface area contributed by atoms with E-state index in [9.17, 15) is 0 Å². The molecule has 2 aromatic rings. The van der Waals surface area contributed by atoms with Gasteiger partial charge in [-0.25, -0.2) is 0 Å². The molecule has 1 aromatic carbocycles. The van der Waals surface area contributed by atoms with Crippen LogP contribution in [-0.2, 0) is 13.0 Å². The molecule has 1 atom stereocenters. The Morgan fingerprint density at radius 2 is 1.67 bits per heavy atom. The van der Waals surface area contributed by atoms with Crippen LogP contribution in [0, 0.1) is 19.8 Å². The molecule has 0 spiro atoms. The topological polar surface area (TPSA) is 38.1 Å². The van der Waals surface area contributed by atoms with Crippen LogP contribution < -0.4 is 5.32 Å². The lowest BCUT2D eigenvalue weighted by Crippen LogP contribution is -2.19. The molecule has 0 bridgehead atoms. The Morgan fingerprint density at radius 1 is 1.05 bits per heavy atom. The lowest BCUT2D eigenvalue weighted by atomic mass is 10.0. The molecule has 0 aliphatic heterocycles. The van der Waals surface area contributed by atoms with Crippen molar-refractivity contribution in [2.45, 2.75) is 53.6 Å². The van der Waals surface area contributed by atoms with Crippen molar-refractivity contribution in [2.24, 2.45) is 5.92 Å². The van der Waals surface area contributed by atoms with Gasteiger partial charge < -0.3 is 9.84 Å². The van der Waals surface area contributed by atoms with Crippen molar-refractivity contribution in [3.8, 4) is 0 Å². The Balaban J connectivity index is 1.94. The van der Waals surface area contributed by atoms with Crippen molar-refractivity contribution >= 4 is 0 Å². The number of nitrogens with one attached hydrogen (secondary N) is 1. The first-order chi connectivity index (χ1) is 9.97. The minimum atomic E-state index is 0.242. The van der Waals surface area contributed by atoms with Crippen LogP contribution in [0.2, 0.25) is 0 Å². The Hall–Kier alpha value is -1.61. The molecular weight excluding hydrogens is 260 g/mol. The second-order valence-corrected chi connectivity index (χ2v) is 6.25. The minimum Gasteiger partial charge on any atom is -0.361 e. The van der Waals surface area contributed by atoms with Crippen LogP contribution in [0.4, 0.5) is 0 Å². The van der Waals surface area contributed by atoms with Crippen molar-refractivity contribution < 1.29 is 4.52 Å². The summed E-state index contributed by atoms with van der Waals surface area (Å²) in [6.45, 7) is 11.5. The Bertz CT molecular complexity index is 550. The van der Waals surface area contributed by atoms with E-state index in [1.54, 1.807) is 0 Å². The fraction of sp³-hybridized carbons (Fsp3) is 0.500. The number of rotatable bonds is 6. The molecule has 3 nitrogen and oxygen atoms in total. The Labute approximate surface area is 127 Å². The fourth-order valence-corrected chi connectivity index (χ4v) is 2.75. The van der Waals surface area contributed by atoms with E-state index in [1.807, 2.05) is 13.8 Å². The first-order valence-corrected chi connectivity index (χ1v) is 7.71. The van der Waals surface area contributed by atoms with E-state index in [2.05, 4.69) is 55.5 Å². The van der Waals surface area contributed by atoms with Crippen LogP contribution in [0.5, 0.6) is 0 Å². The quantitative estimate of drug-likeness (QED) is 0.858. The standard InChI is InChI=1S/C18H26N2O/c1-12(2)10-16-6-8-17(9-7-16)11-19-13(3)18-14(4)20-21-15(18)5/h6-9,12-13,19H,10-11H2,1-5H3. The average Bonchev–Trinajstić information content (AvgIpc) is 2.76. The zero-order valence-corrected chi connectivity index (χ0v) is 13.7. The highest BCUT2D eigenvalue weighted by atomic mass is 16.5. The first kappa shape index (κ1) is 15.8. The van der Waals surface area contributed by atoms with Gasteiger partial charge in [0.25, 0.3) is 0 Å². The first-order valence-electron chi connectivity index (χ1n) is 7.71. The molecule has 114 valence electrons. The predicted octanol–water partition coefficient (Wildman–Crippen LogP) is 4.34. The lowest BCUT2D eigenvalue weighted by Gasteiger charge is -2.14. The van der Waals surface area contributed by atoms with Gasteiger partial charge in [-0.1, -0.05) is 43.3 Å². The van der Waals surface area contributed by atoms with Gasteiger partial charge in [-0.3, -0.25) is 0 Å². The molecule has 0 aliphatic carbocycles. The number of nitrogens with zero attached hydrogens (tertiary/aromatic N) is 1. The summed E-state index contributed by atoms with van der Waals surface area (Å²) in [5.41, 5.74) is 4.86. The molecule has 0 fully saturated rings. The molecule has 21 heavy (non-hydrogen) atoms. The number of hydrogen-bond acceptors (Lipinski definition) is 3. The third kappa shape index (κ3) is 4.18. The van der Waals surface area contributed by atoms with Crippen LogP contribution in [0.1, 0.15) is 55.0 Å². The van der Waals surface area contributed by atoms with E-state index in [0.717, 1.165) is 24.4 Å². The maximum atomic E-state index is 5.23. The largest absolute Gasteiger partial charge is 0.361 e. The molecule has 0 saturated heterocycles. The smallest absolute Gasteiger partial charge is 0.138 e. The average molecular weight is 286 g/mol. The van der Waals surface area contributed by atoms with E-state index < -0.39 is 0 Å². The zero-order valence-electron chi connectivity index (χ0n) is 13.7. The van der Waals surface area contributed by atoms with Gasteiger partial charge in [0.2, 0.25) is 0 Å². The number of hydrogen-bond donors (Lipinski definition) is 1. The lowest BCUT2D eigenvalue weighted by molar-refractivity contribution is 0.390. The number of benzene rings is 1. The second-order valence-electron chi connectivity index (χ2n) is 6.25. The van der Waals surface area contributed by atoms with Crippen molar-refractivity contribution in [3.63, 3.8) is 0 Å². The van der Waals surface area contributed by atoms with Crippen molar-refractivity contribution in [3.05, 3.63) is 52.4 Å². The molecule has 1 aromatic heterocycles. The van der Waals surface area contributed by atoms with Crippen LogP contribution in [0.15, 0.2) is 28.8 Å². The maximum Gasteiger partial charge on any atom is 0.138 e. The molecule has 0 radical (unpaired) electrons. The summed E-state index contributed by atoms with van der Waals surface area (Å²) in [5, 5.41) is 7.56. The van der Waals surface area contributed by atoms with Gasteiger partial charge in [-0.2, -0.15) is 0 Å². The highest BCUT2D eigenvalue weighted by Crippen LogP contribution is 2.21.